The maximum Gasteiger partial charge on any atom is 0.223 e. The molecule has 1 saturated heterocycles. The number of amides is 1. The molecule has 0 bridgehead atoms. The first-order valence-corrected chi connectivity index (χ1v) is 8.89. The maximum atomic E-state index is 11.8. The molecule has 6 heteroatoms. The molecule has 2 fully saturated rings. The predicted octanol–water partition coefficient (Wildman–Crippen LogP) is 1.46. The maximum absolute atomic E-state index is 11.8. The van der Waals surface area contributed by atoms with E-state index in [2.05, 4.69) is 26.7 Å². The molecule has 1 saturated carbocycles. The average molecular weight is 318 g/mol. The topological polar surface area (TPSA) is 59.4 Å². The third-order valence-electron chi connectivity index (χ3n) is 5.47. The highest BCUT2D eigenvalue weighted by Gasteiger charge is 2.33. The molecule has 1 aromatic rings. The lowest BCUT2D eigenvalue weighted by atomic mass is 10.0. The van der Waals surface area contributed by atoms with E-state index in [1.54, 1.807) is 0 Å². The lowest BCUT2D eigenvalue weighted by Crippen LogP contribution is -2.46. The molecule has 1 unspecified atom stereocenters. The largest absolute Gasteiger partial charge is 0.381 e. The van der Waals surface area contributed by atoms with Gasteiger partial charge < -0.3 is 14.6 Å². The van der Waals surface area contributed by atoms with Gasteiger partial charge in [-0.1, -0.05) is 0 Å². The standard InChI is InChI=1S/C17H26N4O2/c1-12-16-18-10-15(11-19-17(22)13-2-3-13)21(16)7-6-20(12)14-4-8-23-9-5-14/h10,12-14H,2-9,11H2,1H3,(H,19,22). The molecule has 23 heavy (non-hydrogen) atoms. The summed E-state index contributed by atoms with van der Waals surface area (Å²) in [5.41, 5.74) is 1.13. The fourth-order valence-corrected chi connectivity index (χ4v) is 3.90. The van der Waals surface area contributed by atoms with Crippen LogP contribution in [0.1, 0.15) is 50.2 Å². The van der Waals surface area contributed by atoms with E-state index < -0.39 is 0 Å². The minimum Gasteiger partial charge on any atom is -0.381 e. The van der Waals surface area contributed by atoms with Crippen LogP contribution in [-0.4, -0.2) is 46.2 Å². The van der Waals surface area contributed by atoms with Gasteiger partial charge in [0.15, 0.2) is 0 Å². The van der Waals surface area contributed by atoms with E-state index in [4.69, 9.17) is 4.74 Å². The second-order valence-corrected chi connectivity index (χ2v) is 7.01. The first kappa shape index (κ1) is 15.1. The number of ether oxygens (including phenoxy) is 1. The zero-order chi connectivity index (χ0) is 15.8. The molecule has 3 aliphatic rings. The third-order valence-corrected chi connectivity index (χ3v) is 5.47. The van der Waals surface area contributed by atoms with Gasteiger partial charge in [0, 0.05) is 38.3 Å². The van der Waals surface area contributed by atoms with E-state index in [1.165, 1.54) is 0 Å². The van der Waals surface area contributed by atoms with Gasteiger partial charge in [0.25, 0.3) is 0 Å². The Hall–Kier alpha value is -1.40. The van der Waals surface area contributed by atoms with Crippen LogP contribution < -0.4 is 5.32 Å². The minimum absolute atomic E-state index is 0.202. The summed E-state index contributed by atoms with van der Waals surface area (Å²) in [6, 6.07) is 0.946. The van der Waals surface area contributed by atoms with E-state index in [0.717, 1.165) is 63.5 Å². The normalized spacial score (nSPS) is 26.0. The fraction of sp³-hybridized carbons (Fsp3) is 0.765. The second-order valence-electron chi connectivity index (χ2n) is 7.01. The van der Waals surface area contributed by atoms with Gasteiger partial charge in [0.2, 0.25) is 5.91 Å². The molecule has 1 aliphatic carbocycles. The van der Waals surface area contributed by atoms with Crippen molar-refractivity contribution in [3.8, 4) is 0 Å². The molecule has 1 amide bonds. The summed E-state index contributed by atoms with van der Waals surface area (Å²) in [5.74, 6) is 1.60. The number of imidazole rings is 1. The van der Waals surface area contributed by atoms with E-state index >= 15 is 0 Å². The molecular weight excluding hydrogens is 292 g/mol. The Morgan fingerprint density at radius 3 is 2.83 bits per heavy atom. The van der Waals surface area contributed by atoms with Crippen molar-refractivity contribution in [2.45, 2.75) is 57.8 Å². The Morgan fingerprint density at radius 1 is 1.30 bits per heavy atom. The van der Waals surface area contributed by atoms with Crippen LogP contribution in [0.3, 0.4) is 0 Å². The van der Waals surface area contributed by atoms with Crippen LogP contribution in [0.2, 0.25) is 0 Å². The van der Waals surface area contributed by atoms with Gasteiger partial charge in [-0.05, 0) is 32.6 Å². The molecule has 2 aliphatic heterocycles. The highest BCUT2D eigenvalue weighted by atomic mass is 16.5. The first-order chi connectivity index (χ1) is 11.2. The van der Waals surface area contributed by atoms with Crippen LogP contribution in [0.15, 0.2) is 6.20 Å². The van der Waals surface area contributed by atoms with Crippen molar-refractivity contribution in [1.82, 2.24) is 19.8 Å². The fourth-order valence-electron chi connectivity index (χ4n) is 3.90. The molecule has 1 aromatic heterocycles. The van der Waals surface area contributed by atoms with Gasteiger partial charge in [-0.2, -0.15) is 0 Å². The van der Waals surface area contributed by atoms with Crippen molar-refractivity contribution >= 4 is 5.91 Å². The molecule has 3 heterocycles. The van der Waals surface area contributed by atoms with Gasteiger partial charge in [0.05, 0.1) is 24.5 Å². The van der Waals surface area contributed by atoms with Crippen molar-refractivity contribution in [3.63, 3.8) is 0 Å². The highest BCUT2D eigenvalue weighted by Crippen LogP contribution is 2.31. The minimum atomic E-state index is 0.202. The number of hydrogen-bond donors (Lipinski definition) is 1. The summed E-state index contributed by atoms with van der Waals surface area (Å²) in [4.78, 5) is 19.1. The quantitative estimate of drug-likeness (QED) is 0.913. The van der Waals surface area contributed by atoms with E-state index in [0.29, 0.717) is 18.6 Å². The zero-order valence-corrected chi connectivity index (χ0v) is 13.8. The molecule has 4 rings (SSSR count). The van der Waals surface area contributed by atoms with Gasteiger partial charge in [0.1, 0.15) is 5.82 Å². The Morgan fingerprint density at radius 2 is 2.09 bits per heavy atom. The summed E-state index contributed by atoms with van der Waals surface area (Å²) < 4.78 is 7.79. The van der Waals surface area contributed by atoms with Crippen LogP contribution in [0.4, 0.5) is 0 Å². The molecule has 0 spiro atoms. The van der Waals surface area contributed by atoms with E-state index in [-0.39, 0.29) is 11.8 Å². The van der Waals surface area contributed by atoms with E-state index in [1.807, 2.05) is 6.20 Å². The van der Waals surface area contributed by atoms with Crippen molar-refractivity contribution in [1.29, 1.82) is 0 Å². The molecule has 126 valence electrons. The van der Waals surface area contributed by atoms with Crippen LogP contribution in [-0.2, 0) is 22.6 Å². The average Bonchev–Trinajstić information content (AvgIpc) is 3.35. The summed E-state index contributed by atoms with van der Waals surface area (Å²) in [6.45, 7) is 6.62. The van der Waals surface area contributed by atoms with Crippen LogP contribution >= 0.6 is 0 Å². The smallest absolute Gasteiger partial charge is 0.223 e. The summed E-state index contributed by atoms with van der Waals surface area (Å²) in [6.07, 6.45) is 6.28. The SMILES string of the molecule is CC1c2ncc(CNC(=O)C3CC3)n2CCN1C1CCOCC1. The number of rotatable bonds is 4. The zero-order valence-electron chi connectivity index (χ0n) is 13.8. The Balaban J connectivity index is 1.43. The van der Waals surface area contributed by atoms with Crippen LogP contribution in [0.25, 0.3) is 0 Å². The van der Waals surface area contributed by atoms with Gasteiger partial charge in [-0.25, -0.2) is 4.98 Å². The highest BCUT2D eigenvalue weighted by molar-refractivity contribution is 5.80. The second kappa shape index (κ2) is 6.24. The number of nitrogens with zero attached hydrogens (tertiary/aromatic N) is 3. The molecular formula is C17H26N4O2. The molecule has 0 radical (unpaired) electrons. The first-order valence-electron chi connectivity index (χ1n) is 8.89. The molecule has 1 N–H and O–H groups in total. The number of carbonyl (C=O) groups excluding carboxylic acids is 1. The number of aromatic nitrogens is 2. The van der Waals surface area contributed by atoms with Crippen LogP contribution in [0, 0.1) is 5.92 Å². The van der Waals surface area contributed by atoms with E-state index in [9.17, 15) is 4.79 Å². The van der Waals surface area contributed by atoms with Crippen LogP contribution in [0.5, 0.6) is 0 Å². The summed E-state index contributed by atoms with van der Waals surface area (Å²) >= 11 is 0. The third kappa shape index (κ3) is 3.02. The van der Waals surface area contributed by atoms with Crippen molar-refractivity contribution < 1.29 is 9.53 Å². The number of hydrogen-bond acceptors (Lipinski definition) is 4. The number of fused-ring (bicyclic) bond motifs is 1. The van der Waals surface area contributed by atoms with Crippen molar-refractivity contribution in [2.24, 2.45) is 5.92 Å². The van der Waals surface area contributed by atoms with Gasteiger partial charge in [-0.15, -0.1) is 0 Å². The summed E-state index contributed by atoms with van der Waals surface area (Å²) in [7, 11) is 0. The van der Waals surface area contributed by atoms with Gasteiger partial charge >= 0.3 is 0 Å². The molecule has 0 aromatic carbocycles. The Kier molecular flexibility index (Phi) is 4.11. The molecule has 6 nitrogen and oxygen atoms in total. The lowest BCUT2D eigenvalue weighted by Gasteiger charge is -2.41. The number of carbonyl (C=O) groups is 1. The Labute approximate surface area is 137 Å². The lowest BCUT2D eigenvalue weighted by molar-refractivity contribution is -0.122. The predicted molar refractivity (Wildman–Crippen MR) is 85.8 cm³/mol. The Bertz CT molecular complexity index is 575. The van der Waals surface area contributed by atoms with Gasteiger partial charge in [-0.3, -0.25) is 9.69 Å². The number of nitrogens with one attached hydrogen (secondary N) is 1. The van der Waals surface area contributed by atoms with Crippen molar-refractivity contribution in [3.05, 3.63) is 17.7 Å². The van der Waals surface area contributed by atoms with Crippen molar-refractivity contribution in [2.75, 3.05) is 19.8 Å². The summed E-state index contributed by atoms with van der Waals surface area (Å²) in [5, 5.41) is 3.06. The monoisotopic (exact) mass is 318 g/mol. The molecule has 1 atom stereocenters.